The lowest BCUT2D eigenvalue weighted by Crippen LogP contribution is -2.43. The maximum atomic E-state index is 12.8. The summed E-state index contributed by atoms with van der Waals surface area (Å²) in [6, 6.07) is 18.2. The zero-order chi connectivity index (χ0) is 19.2. The van der Waals surface area contributed by atoms with Gasteiger partial charge in [0.15, 0.2) is 11.2 Å². The number of hydrogen-bond donors (Lipinski definition) is 0. The molecule has 0 unspecified atom stereocenters. The highest BCUT2D eigenvalue weighted by atomic mass is 35.5. The molecule has 27 heavy (non-hydrogen) atoms. The van der Waals surface area contributed by atoms with Gasteiger partial charge in [-0.15, -0.1) is 0 Å². The number of halogens is 1. The number of para-hydroxylation sites is 1. The average molecular weight is 374 g/mol. The first kappa shape index (κ1) is 17.3. The lowest BCUT2D eigenvalue weighted by atomic mass is 9.69. The molecule has 0 aromatic heterocycles. The maximum absolute atomic E-state index is 12.8. The van der Waals surface area contributed by atoms with Gasteiger partial charge in [-0.25, -0.2) is 0 Å². The van der Waals surface area contributed by atoms with Gasteiger partial charge in [-0.05, 0) is 36.2 Å². The van der Waals surface area contributed by atoms with E-state index in [4.69, 9.17) is 11.6 Å². The summed E-state index contributed by atoms with van der Waals surface area (Å²) >= 11 is 6.19. The van der Waals surface area contributed by atoms with E-state index < -0.39 is 23.4 Å². The van der Waals surface area contributed by atoms with Crippen molar-refractivity contribution in [1.29, 1.82) is 10.5 Å². The predicted molar refractivity (Wildman–Crippen MR) is 104 cm³/mol. The standard InChI is InChI=1S/C22H16ClN3O/c1-14(27)21-20(16-6-4-7-17(23)11-16)22(12-24,13-25)19-10-9-15-5-2-3-8-18(15)26(19)21/h2-11,19-21H,1H3/t19-,20+,21+/m1/s1. The van der Waals surface area contributed by atoms with Gasteiger partial charge in [-0.1, -0.05) is 54.1 Å². The Hall–Kier alpha value is -3.08. The summed E-state index contributed by atoms with van der Waals surface area (Å²) in [6.07, 6.45) is 3.80. The van der Waals surface area contributed by atoms with Crippen LogP contribution in [0.25, 0.3) is 6.08 Å². The molecule has 0 amide bonds. The van der Waals surface area contributed by atoms with Gasteiger partial charge >= 0.3 is 0 Å². The fourth-order valence-corrected chi connectivity index (χ4v) is 4.66. The van der Waals surface area contributed by atoms with Crippen molar-refractivity contribution in [2.45, 2.75) is 24.9 Å². The van der Waals surface area contributed by atoms with E-state index in [1.54, 1.807) is 18.2 Å². The van der Waals surface area contributed by atoms with Gasteiger partial charge in [0.25, 0.3) is 0 Å². The van der Waals surface area contributed by atoms with Crippen LogP contribution in [-0.4, -0.2) is 17.9 Å². The lowest BCUT2D eigenvalue weighted by Gasteiger charge is -2.35. The first-order valence-corrected chi connectivity index (χ1v) is 9.05. The van der Waals surface area contributed by atoms with Gasteiger partial charge in [-0.2, -0.15) is 10.5 Å². The minimum Gasteiger partial charge on any atom is -0.351 e. The largest absolute Gasteiger partial charge is 0.351 e. The second kappa shape index (κ2) is 6.27. The van der Waals surface area contributed by atoms with Crippen LogP contribution in [0.3, 0.4) is 0 Å². The molecule has 2 aromatic carbocycles. The molecule has 1 saturated heterocycles. The monoisotopic (exact) mass is 373 g/mol. The maximum Gasteiger partial charge on any atom is 0.176 e. The van der Waals surface area contributed by atoms with Crippen LogP contribution in [0.15, 0.2) is 54.6 Å². The van der Waals surface area contributed by atoms with E-state index in [1.165, 1.54) is 6.92 Å². The molecule has 4 rings (SSSR count). The van der Waals surface area contributed by atoms with E-state index in [0.29, 0.717) is 5.02 Å². The van der Waals surface area contributed by atoms with Crippen LogP contribution in [-0.2, 0) is 4.79 Å². The summed E-state index contributed by atoms with van der Waals surface area (Å²) in [5.41, 5.74) is 1.16. The molecule has 2 aliphatic rings. The molecule has 1 fully saturated rings. The average Bonchev–Trinajstić information content (AvgIpc) is 2.99. The van der Waals surface area contributed by atoms with E-state index in [0.717, 1.165) is 16.8 Å². The first-order valence-electron chi connectivity index (χ1n) is 8.67. The number of nitrogens with zero attached hydrogens (tertiary/aromatic N) is 3. The number of carbonyl (C=O) groups is 1. The van der Waals surface area contributed by atoms with Crippen molar-refractivity contribution < 1.29 is 4.79 Å². The molecule has 132 valence electrons. The molecule has 0 radical (unpaired) electrons. The molecular formula is C22H16ClN3O. The van der Waals surface area contributed by atoms with Gasteiger partial charge < -0.3 is 4.90 Å². The molecule has 0 saturated carbocycles. The number of hydrogen-bond acceptors (Lipinski definition) is 4. The third kappa shape index (κ3) is 2.38. The topological polar surface area (TPSA) is 67.9 Å². The SMILES string of the molecule is CC(=O)[C@H]1[C@H](c2cccc(Cl)c2)C(C#N)(C#N)[C@H]2C=Cc3ccccc3N12. The number of benzene rings is 2. The summed E-state index contributed by atoms with van der Waals surface area (Å²) in [6.45, 7) is 1.52. The van der Waals surface area contributed by atoms with E-state index in [-0.39, 0.29) is 5.78 Å². The van der Waals surface area contributed by atoms with Crippen LogP contribution in [0.2, 0.25) is 5.02 Å². The van der Waals surface area contributed by atoms with Crippen LogP contribution in [0, 0.1) is 28.1 Å². The zero-order valence-electron chi connectivity index (χ0n) is 14.6. The van der Waals surface area contributed by atoms with Crippen LogP contribution >= 0.6 is 11.6 Å². The summed E-state index contributed by atoms with van der Waals surface area (Å²) in [7, 11) is 0. The van der Waals surface area contributed by atoms with Crippen LogP contribution < -0.4 is 4.90 Å². The molecule has 5 heteroatoms. The predicted octanol–water partition coefficient (Wildman–Crippen LogP) is 4.33. The second-order valence-electron chi connectivity index (χ2n) is 6.95. The molecule has 0 spiro atoms. The fourth-order valence-electron chi connectivity index (χ4n) is 4.46. The van der Waals surface area contributed by atoms with Gasteiger partial charge in [0.05, 0.1) is 24.2 Å². The normalized spacial score (nSPS) is 24.4. The summed E-state index contributed by atoms with van der Waals surface area (Å²) in [4.78, 5) is 14.7. The number of nitriles is 2. The molecule has 0 aliphatic carbocycles. The lowest BCUT2D eigenvalue weighted by molar-refractivity contribution is -0.118. The number of Topliss-reactive ketones (excluding diaryl/α,β-unsaturated/α-hetero) is 1. The Morgan fingerprint density at radius 2 is 1.89 bits per heavy atom. The van der Waals surface area contributed by atoms with Crippen molar-refractivity contribution in [2.75, 3.05) is 4.90 Å². The molecular weight excluding hydrogens is 358 g/mol. The Morgan fingerprint density at radius 3 is 2.56 bits per heavy atom. The van der Waals surface area contributed by atoms with E-state index >= 15 is 0 Å². The third-order valence-electron chi connectivity index (χ3n) is 5.54. The number of anilines is 1. The molecule has 0 N–H and O–H groups in total. The smallest absolute Gasteiger partial charge is 0.176 e. The van der Waals surface area contributed by atoms with Crippen molar-refractivity contribution in [3.63, 3.8) is 0 Å². The van der Waals surface area contributed by atoms with Crippen LogP contribution in [0.1, 0.15) is 24.0 Å². The second-order valence-corrected chi connectivity index (χ2v) is 7.39. The molecule has 2 aromatic rings. The molecule has 3 atom stereocenters. The third-order valence-corrected chi connectivity index (χ3v) is 5.77. The van der Waals surface area contributed by atoms with Crippen molar-refractivity contribution in [3.8, 4) is 12.1 Å². The van der Waals surface area contributed by atoms with E-state index in [9.17, 15) is 15.3 Å². The van der Waals surface area contributed by atoms with Gasteiger partial charge in [-0.3, -0.25) is 4.79 Å². The molecule has 0 bridgehead atoms. The zero-order valence-corrected chi connectivity index (χ0v) is 15.4. The first-order chi connectivity index (χ1) is 13.0. The highest BCUT2D eigenvalue weighted by molar-refractivity contribution is 6.30. The van der Waals surface area contributed by atoms with E-state index in [2.05, 4.69) is 12.1 Å². The molecule has 2 heterocycles. The minimum absolute atomic E-state index is 0.0811. The Morgan fingerprint density at radius 1 is 1.15 bits per heavy atom. The van der Waals surface area contributed by atoms with Crippen LogP contribution in [0.4, 0.5) is 5.69 Å². The number of fused-ring (bicyclic) bond motifs is 3. The summed E-state index contributed by atoms with van der Waals surface area (Å²) < 4.78 is 0. The van der Waals surface area contributed by atoms with E-state index in [1.807, 2.05) is 47.4 Å². The number of ketones is 1. The van der Waals surface area contributed by atoms with Crippen molar-refractivity contribution >= 4 is 29.1 Å². The van der Waals surface area contributed by atoms with Crippen molar-refractivity contribution in [1.82, 2.24) is 0 Å². The number of rotatable bonds is 2. The Kier molecular flexibility index (Phi) is 4.02. The Labute approximate surface area is 162 Å². The fraction of sp³-hybridized carbons (Fsp3) is 0.227. The minimum atomic E-state index is -1.40. The molecule has 4 nitrogen and oxygen atoms in total. The van der Waals surface area contributed by atoms with Gasteiger partial charge in [0.2, 0.25) is 0 Å². The summed E-state index contributed by atoms with van der Waals surface area (Å²) in [5, 5.41) is 20.8. The highest BCUT2D eigenvalue weighted by Crippen LogP contribution is 2.55. The number of carbonyl (C=O) groups excluding carboxylic acids is 1. The van der Waals surface area contributed by atoms with Gasteiger partial charge in [0.1, 0.15) is 0 Å². The molecule has 2 aliphatic heterocycles. The highest BCUT2D eigenvalue weighted by Gasteiger charge is 2.62. The van der Waals surface area contributed by atoms with Crippen LogP contribution in [0.5, 0.6) is 0 Å². The Balaban J connectivity index is 2.01. The van der Waals surface area contributed by atoms with Crippen molar-refractivity contribution in [3.05, 3.63) is 70.8 Å². The van der Waals surface area contributed by atoms with Crippen molar-refractivity contribution in [2.24, 2.45) is 5.41 Å². The summed E-state index contributed by atoms with van der Waals surface area (Å²) in [5.74, 6) is -0.688. The quantitative estimate of drug-likeness (QED) is 0.785. The Bertz CT molecular complexity index is 1030. The van der Waals surface area contributed by atoms with Gasteiger partial charge in [0, 0.05) is 16.6 Å².